The lowest BCUT2D eigenvalue weighted by atomic mass is 10.1. The summed E-state index contributed by atoms with van der Waals surface area (Å²) in [5.41, 5.74) is 0.811. The number of aryl methyl sites for hydroxylation is 2. The van der Waals surface area contributed by atoms with Crippen LogP contribution in [0, 0.1) is 19.8 Å². The molecule has 0 aromatic carbocycles. The minimum Gasteiger partial charge on any atom is -0.353 e. The van der Waals surface area contributed by atoms with Crippen molar-refractivity contribution in [3.63, 3.8) is 0 Å². The normalized spacial score (nSPS) is 25.6. The van der Waals surface area contributed by atoms with Gasteiger partial charge in [-0.25, -0.2) is 4.98 Å². The van der Waals surface area contributed by atoms with E-state index in [1.807, 2.05) is 13.8 Å². The average Bonchev–Trinajstić information content (AvgIpc) is 3.52. The van der Waals surface area contributed by atoms with Gasteiger partial charge in [0.15, 0.2) is 0 Å². The second-order valence-corrected chi connectivity index (χ2v) is 9.63. The third-order valence-electron chi connectivity index (χ3n) is 5.91. The highest BCUT2D eigenvalue weighted by Gasteiger charge is 2.38. The Bertz CT molecular complexity index is 711. The number of thiazole rings is 1. The number of rotatable bonds is 8. The summed E-state index contributed by atoms with van der Waals surface area (Å²) in [6, 6.07) is 1.08. The fourth-order valence-electron chi connectivity index (χ4n) is 4.11. The number of hydrogen-bond acceptors (Lipinski definition) is 5. The van der Waals surface area contributed by atoms with Crippen LogP contribution in [0.3, 0.4) is 0 Å². The maximum absolute atomic E-state index is 12.5. The van der Waals surface area contributed by atoms with Gasteiger partial charge in [0.25, 0.3) is 5.91 Å². The van der Waals surface area contributed by atoms with Crippen molar-refractivity contribution < 1.29 is 9.59 Å². The fraction of sp³-hybridized carbons (Fsp3) is 0.750. The number of nitrogens with zero attached hydrogens (tertiary/aromatic N) is 2. The van der Waals surface area contributed by atoms with Gasteiger partial charge in [0.05, 0.1) is 10.7 Å². The number of likely N-dealkylation sites (tertiary alicyclic amines) is 1. The van der Waals surface area contributed by atoms with Gasteiger partial charge in [-0.3, -0.25) is 14.5 Å². The van der Waals surface area contributed by atoms with Gasteiger partial charge in [-0.1, -0.05) is 0 Å². The van der Waals surface area contributed by atoms with Crippen molar-refractivity contribution in [3.05, 3.63) is 15.6 Å². The first-order valence-electron chi connectivity index (χ1n) is 10.3. The van der Waals surface area contributed by atoms with Gasteiger partial charge < -0.3 is 10.6 Å². The van der Waals surface area contributed by atoms with E-state index in [0.29, 0.717) is 31.1 Å². The van der Waals surface area contributed by atoms with Crippen molar-refractivity contribution in [2.45, 2.75) is 76.9 Å². The van der Waals surface area contributed by atoms with E-state index in [2.05, 4.69) is 20.5 Å². The summed E-state index contributed by atoms with van der Waals surface area (Å²) in [6.45, 7) is 5.55. The zero-order valence-electron chi connectivity index (χ0n) is 16.3. The molecule has 2 saturated carbocycles. The summed E-state index contributed by atoms with van der Waals surface area (Å²) in [6.07, 6.45) is 7.56. The molecule has 1 aliphatic heterocycles. The van der Waals surface area contributed by atoms with Crippen LogP contribution in [0.2, 0.25) is 0 Å². The van der Waals surface area contributed by atoms with Crippen molar-refractivity contribution in [1.82, 2.24) is 20.5 Å². The summed E-state index contributed by atoms with van der Waals surface area (Å²) < 4.78 is 0. The van der Waals surface area contributed by atoms with Gasteiger partial charge in [0.1, 0.15) is 4.88 Å². The van der Waals surface area contributed by atoms with Gasteiger partial charge in [0, 0.05) is 37.6 Å². The average molecular weight is 391 g/mol. The Morgan fingerprint density at radius 3 is 2.48 bits per heavy atom. The van der Waals surface area contributed by atoms with Crippen molar-refractivity contribution in [3.8, 4) is 0 Å². The third kappa shape index (κ3) is 4.88. The van der Waals surface area contributed by atoms with E-state index in [1.54, 1.807) is 0 Å². The van der Waals surface area contributed by atoms with E-state index >= 15 is 0 Å². The van der Waals surface area contributed by atoms with E-state index in [0.717, 1.165) is 53.7 Å². The Labute approximate surface area is 165 Å². The zero-order chi connectivity index (χ0) is 19.0. The van der Waals surface area contributed by atoms with E-state index in [4.69, 9.17) is 0 Å². The molecule has 1 aromatic rings. The summed E-state index contributed by atoms with van der Waals surface area (Å²) in [5, 5.41) is 7.17. The predicted molar refractivity (Wildman–Crippen MR) is 106 cm³/mol. The summed E-state index contributed by atoms with van der Waals surface area (Å²) in [7, 11) is 0. The van der Waals surface area contributed by atoms with E-state index in [-0.39, 0.29) is 11.8 Å². The minimum atomic E-state index is -0.0144. The molecule has 1 saturated heterocycles. The fourth-order valence-corrected chi connectivity index (χ4v) is 4.95. The Kier molecular flexibility index (Phi) is 5.50. The smallest absolute Gasteiger partial charge is 0.263 e. The maximum Gasteiger partial charge on any atom is 0.263 e. The molecule has 0 bridgehead atoms. The van der Waals surface area contributed by atoms with E-state index in [1.165, 1.54) is 24.2 Å². The number of nitrogens with one attached hydrogen (secondary N) is 2. The molecule has 27 heavy (non-hydrogen) atoms. The quantitative estimate of drug-likeness (QED) is 0.715. The molecule has 6 nitrogen and oxygen atoms in total. The lowest BCUT2D eigenvalue weighted by Crippen LogP contribution is -2.45. The highest BCUT2D eigenvalue weighted by atomic mass is 32.1. The topological polar surface area (TPSA) is 74.3 Å². The van der Waals surface area contributed by atoms with Crippen LogP contribution in [0.1, 0.15) is 65.3 Å². The van der Waals surface area contributed by atoms with Crippen molar-refractivity contribution >= 4 is 23.2 Å². The maximum atomic E-state index is 12.5. The number of hydrogen-bond donors (Lipinski definition) is 2. The molecule has 0 spiro atoms. The Balaban J connectivity index is 1.33. The molecular weight excluding hydrogens is 360 g/mol. The van der Waals surface area contributed by atoms with Crippen molar-refractivity contribution in [2.75, 3.05) is 13.1 Å². The van der Waals surface area contributed by atoms with E-state index < -0.39 is 0 Å². The SMILES string of the molecule is Cc1nc(C)c(C(=O)NC[C@@H]2CC[C@H](CC(=O)NC3CC3)N2CC2CC2)s1. The number of carbonyl (C=O) groups is 2. The van der Waals surface area contributed by atoms with Crippen LogP contribution < -0.4 is 10.6 Å². The van der Waals surface area contributed by atoms with Crippen molar-refractivity contribution in [2.24, 2.45) is 5.92 Å². The number of amides is 2. The zero-order valence-corrected chi connectivity index (χ0v) is 17.1. The van der Waals surface area contributed by atoms with Gasteiger partial charge in [-0.2, -0.15) is 0 Å². The Morgan fingerprint density at radius 1 is 1.11 bits per heavy atom. The first-order valence-corrected chi connectivity index (χ1v) is 11.1. The summed E-state index contributed by atoms with van der Waals surface area (Å²) in [5.74, 6) is 0.963. The van der Waals surface area contributed by atoms with E-state index in [9.17, 15) is 9.59 Å². The number of aromatic nitrogens is 1. The molecule has 3 aliphatic rings. The molecule has 0 radical (unpaired) electrons. The van der Waals surface area contributed by atoms with Gasteiger partial charge in [-0.05, 0) is 58.3 Å². The number of carbonyl (C=O) groups excluding carboxylic acids is 2. The van der Waals surface area contributed by atoms with Crippen LogP contribution in [0.5, 0.6) is 0 Å². The molecule has 0 unspecified atom stereocenters. The largest absolute Gasteiger partial charge is 0.353 e. The minimum absolute atomic E-state index is 0.0144. The monoisotopic (exact) mass is 390 g/mol. The molecule has 7 heteroatoms. The van der Waals surface area contributed by atoms with Gasteiger partial charge in [0.2, 0.25) is 5.91 Å². The lowest BCUT2D eigenvalue weighted by Gasteiger charge is -2.30. The third-order valence-corrected chi connectivity index (χ3v) is 6.98. The summed E-state index contributed by atoms with van der Waals surface area (Å²) in [4.78, 5) is 32.4. The first kappa shape index (κ1) is 18.9. The molecule has 3 fully saturated rings. The molecule has 2 N–H and O–H groups in total. The molecule has 2 aliphatic carbocycles. The second kappa shape index (κ2) is 7.87. The molecular formula is C20H30N4O2S. The molecule has 148 valence electrons. The highest BCUT2D eigenvalue weighted by molar-refractivity contribution is 7.13. The molecule has 2 atom stereocenters. The van der Waals surface area contributed by atoms with Crippen LogP contribution in [0.15, 0.2) is 0 Å². The first-order chi connectivity index (χ1) is 13.0. The van der Waals surface area contributed by atoms with Crippen LogP contribution in [0.4, 0.5) is 0 Å². The van der Waals surface area contributed by atoms with Crippen LogP contribution in [-0.2, 0) is 4.79 Å². The molecule has 2 heterocycles. The standard InChI is InChI=1S/C20H30N4O2S/c1-12-19(27-13(2)22-12)20(26)21-10-17-8-7-16(24(17)11-14-3-4-14)9-18(25)23-15-5-6-15/h14-17H,3-11H2,1-2H3,(H,21,26)(H,23,25)/t16-,17+/m1/s1. The summed E-state index contributed by atoms with van der Waals surface area (Å²) >= 11 is 1.46. The van der Waals surface area contributed by atoms with Crippen LogP contribution >= 0.6 is 11.3 Å². The highest BCUT2D eigenvalue weighted by Crippen LogP contribution is 2.35. The van der Waals surface area contributed by atoms with Crippen LogP contribution in [0.25, 0.3) is 0 Å². The predicted octanol–water partition coefficient (Wildman–Crippen LogP) is 2.40. The lowest BCUT2D eigenvalue weighted by molar-refractivity contribution is -0.122. The van der Waals surface area contributed by atoms with Gasteiger partial charge in [-0.15, -0.1) is 11.3 Å². The second-order valence-electron chi connectivity index (χ2n) is 8.43. The van der Waals surface area contributed by atoms with Crippen molar-refractivity contribution in [1.29, 1.82) is 0 Å². The van der Waals surface area contributed by atoms with Crippen LogP contribution in [-0.4, -0.2) is 52.9 Å². The molecule has 1 aromatic heterocycles. The molecule has 4 rings (SSSR count). The Hall–Kier alpha value is -1.47. The Morgan fingerprint density at radius 2 is 1.85 bits per heavy atom. The molecule has 2 amide bonds. The van der Waals surface area contributed by atoms with Gasteiger partial charge >= 0.3 is 0 Å².